The van der Waals surface area contributed by atoms with E-state index in [9.17, 15) is 4.79 Å². The maximum Gasteiger partial charge on any atom is 0.225 e. The molecule has 2 atom stereocenters. The van der Waals surface area contributed by atoms with E-state index in [4.69, 9.17) is 11.0 Å². The molecule has 0 aliphatic carbocycles. The van der Waals surface area contributed by atoms with Gasteiger partial charge in [-0.15, -0.1) is 0 Å². The summed E-state index contributed by atoms with van der Waals surface area (Å²) in [7, 11) is 0. The molecule has 0 saturated carbocycles. The summed E-state index contributed by atoms with van der Waals surface area (Å²) in [4.78, 5) is 14.0. The Balaban J connectivity index is 2.46. The molecule has 1 saturated heterocycles. The zero-order chi connectivity index (χ0) is 14.2. The van der Waals surface area contributed by atoms with Crippen LogP contribution in [0.2, 0.25) is 0 Å². The SMILES string of the molecule is CC(C)(C)N1C(=O)CC(N)C1c1cccc(C#N)c1. The first-order valence-corrected chi connectivity index (χ1v) is 6.42. The Morgan fingerprint density at radius 2 is 2.11 bits per heavy atom. The number of benzene rings is 1. The van der Waals surface area contributed by atoms with Crippen molar-refractivity contribution in [2.45, 2.75) is 44.8 Å². The molecule has 4 heteroatoms. The average Bonchev–Trinajstić information content (AvgIpc) is 2.64. The van der Waals surface area contributed by atoms with Crippen molar-refractivity contribution in [3.05, 3.63) is 35.4 Å². The Morgan fingerprint density at radius 1 is 1.42 bits per heavy atom. The first-order valence-electron chi connectivity index (χ1n) is 6.42. The van der Waals surface area contributed by atoms with Gasteiger partial charge in [-0.3, -0.25) is 4.79 Å². The maximum absolute atomic E-state index is 12.2. The fraction of sp³-hybridized carbons (Fsp3) is 0.467. The fourth-order valence-corrected chi connectivity index (χ4v) is 2.74. The van der Waals surface area contributed by atoms with Gasteiger partial charge < -0.3 is 10.6 Å². The van der Waals surface area contributed by atoms with Gasteiger partial charge in [0.1, 0.15) is 0 Å². The molecule has 0 radical (unpaired) electrons. The van der Waals surface area contributed by atoms with E-state index in [0.717, 1.165) is 5.56 Å². The number of amides is 1. The van der Waals surface area contributed by atoms with E-state index < -0.39 is 0 Å². The standard InChI is InChI=1S/C15H19N3O/c1-15(2,3)18-13(19)8-12(17)14(18)11-6-4-5-10(7-11)9-16/h4-7,12,14H,8,17H2,1-3H3. The second kappa shape index (κ2) is 4.67. The first kappa shape index (κ1) is 13.6. The van der Waals surface area contributed by atoms with E-state index in [1.807, 2.05) is 43.9 Å². The highest BCUT2D eigenvalue weighted by atomic mass is 16.2. The lowest BCUT2D eigenvalue weighted by molar-refractivity contribution is -0.133. The number of likely N-dealkylation sites (tertiary alicyclic amines) is 1. The van der Waals surface area contributed by atoms with Crippen LogP contribution in [0.25, 0.3) is 0 Å². The zero-order valence-corrected chi connectivity index (χ0v) is 11.6. The monoisotopic (exact) mass is 257 g/mol. The fourth-order valence-electron chi connectivity index (χ4n) is 2.74. The highest BCUT2D eigenvalue weighted by Gasteiger charge is 2.43. The molecule has 4 nitrogen and oxygen atoms in total. The van der Waals surface area contributed by atoms with Gasteiger partial charge in [0.15, 0.2) is 0 Å². The Bertz CT molecular complexity index is 539. The summed E-state index contributed by atoms with van der Waals surface area (Å²) in [6.07, 6.45) is 0.360. The molecule has 0 bridgehead atoms. The van der Waals surface area contributed by atoms with Crippen LogP contribution in [0.3, 0.4) is 0 Å². The van der Waals surface area contributed by atoms with Gasteiger partial charge in [-0.2, -0.15) is 5.26 Å². The number of nitrogens with zero attached hydrogens (tertiary/aromatic N) is 2. The molecule has 1 aliphatic heterocycles. The van der Waals surface area contributed by atoms with Crippen LogP contribution in [0.5, 0.6) is 0 Å². The van der Waals surface area contributed by atoms with Gasteiger partial charge in [0.2, 0.25) is 5.91 Å². The molecule has 100 valence electrons. The Kier molecular flexibility index (Phi) is 3.34. The topological polar surface area (TPSA) is 70.1 Å². The van der Waals surface area contributed by atoms with E-state index >= 15 is 0 Å². The molecule has 2 rings (SSSR count). The summed E-state index contributed by atoms with van der Waals surface area (Å²) in [6, 6.07) is 9.10. The minimum atomic E-state index is -0.279. The van der Waals surface area contributed by atoms with E-state index in [1.165, 1.54) is 0 Å². The van der Waals surface area contributed by atoms with Crippen molar-refractivity contribution < 1.29 is 4.79 Å². The highest BCUT2D eigenvalue weighted by molar-refractivity contribution is 5.81. The summed E-state index contributed by atoms with van der Waals surface area (Å²) in [6.45, 7) is 6.01. The van der Waals surface area contributed by atoms with E-state index in [-0.39, 0.29) is 23.5 Å². The molecular weight excluding hydrogens is 238 g/mol. The third kappa shape index (κ3) is 2.47. The van der Waals surface area contributed by atoms with Gasteiger partial charge in [-0.05, 0) is 38.5 Å². The third-order valence-corrected chi connectivity index (χ3v) is 3.44. The Hall–Kier alpha value is -1.86. The van der Waals surface area contributed by atoms with Crippen LogP contribution in [-0.2, 0) is 4.79 Å². The average molecular weight is 257 g/mol. The minimum absolute atomic E-state index is 0.0763. The van der Waals surface area contributed by atoms with Crippen molar-refractivity contribution in [2.75, 3.05) is 0 Å². The van der Waals surface area contributed by atoms with E-state index in [2.05, 4.69) is 6.07 Å². The second-order valence-corrected chi connectivity index (χ2v) is 5.98. The molecule has 1 aliphatic rings. The maximum atomic E-state index is 12.2. The lowest BCUT2D eigenvalue weighted by atomic mass is 9.96. The van der Waals surface area contributed by atoms with Gasteiger partial charge >= 0.3 is 0 Å². The summed E-state index contributed by atoms with van der Waals surface area (Å²) in [5, 5.41) is 8.99. The van der Waals surface area contributed by atoms with Crippen molar-refractivity contribution >= 4 is 5.91 Å². The van der Waals surface area contributed by atoms with Crippen LogP contribution >= 0.6 is 0 Å². The molecule has 1 fully saturated rings. The number of nitriles is 1. The highest BCUT2D eigenvalue weighted by Crippen LogP contribution is 2.37. The van der Waals surface area contributed by atoms with Gasteiger partial charge in [0, 0.05) is 18.0 Å². The molecule has 1 aromatic rings. The summed E-state index contributed by atoms with van der Waals surface area (Å²) in [5.74, 6) is 0.0763. The molecule has 1 amide bonds. The lowest BCUT2D eigenvalue weighted by Crippen LogP contribution is -2.45. The predicted molar refractivity (Wildman–Crippen MR) is 73.1 cm³/mol. The number of carbonyl (C=O) groups is 1. The van der Waals surface area contributed by atoms with Crippen molar-refractivity contribution in [3.63, 3.8) is 0 Å². The number of nitrogens with two attached hydrogens (primary N) is 1. The molecule has 2 N–H and O–H groups in total. The van der Waals surface area contributed by atoms with Gasteiger partial charge in [-0.1, -0.05) is 12.1 Å². The quantitative estimate of drug-likeness (QED) is 0.836. The van der Waals surface area contributed by atoms with Crippen LogP contribution in [-0.4, -0.2) is 22.4 Å². The van der Waals surface area contributed by atoms with Crippen molar-refractivity contribution in [1.29, 1.82) is 5.26 Å². The van der Waals surface area contributed by atoms with Crippen LogP contribution in [0.4, 0.5) is 0 Å². The Labute approximate surface area is 113 Å². The van der Waals surface area contributed by atoms with E-state index in [1.54, 1.807) is 6.07 Å². The summed E-state index contributed by atoms with van der Waals surface area (Å²) < 4.78 is 0. The van der Waals surface area contributed by atoms with Gasteiger partial charge in [-0.25, -0.2) is 0 Å². The molecular formula is C15H19N3O. The van der Waals surface area contributed by atoms with Gasteiger partial charge in [0.25, 0.3) is 0 Å². The number of rotatable bonds is 1. The van der Waals surface area contributed by atoms with Crippen LogP contribution in [0.1, 0.15) is 44.4 Å². The lowest BCUT2D eigenvalue weighted by Gasteiger charge is -2.38. The smallest absolute Gasteiger partial charge is 0.225 e. The van der Waals surface area contributed by atoms with Crippen molar-refractivity contribution in [1.82, 2.24) is 4.90 Å². The van der Waals surface area contributed by atoms with Crippen molar-refractivity contribution in [2.24, 2.45) is 5.73 Å². The molecule has 0 aromatic heterocycles. The predicted octanol–water partition coefficient (Wildman–Crippen LogP) is 1.96. The van der Waals surface area contributed by atoms with Crippen molar-refractivity contribution in [3.8, 4) is 6.07 Å². The Morgan fingerprint density at radius 3 is 2.68 bits per heavy atom. The minimum Gasteiger partial charge on any atom is -0.329 e. The molecule has 1 heterocycles. The largest absolute Gasteiger partial charge is 0.329 e. The van der Waals surface area contributed by atoms with Crippen LogP contribution in [0, 0.1) is 11.3 Å². The zero-order valence-electron chi connectivity index (χ0n) is 11.6. The summed E-state index contributed by atoms with van der Waals surface area (Å²) >= 11 is 0. The van der Waals surface area contributed by atoms with Crippen LogP contribution < -0.4 is 5.73 Å². The molecule has 19 heavy (non-hydrogen) atoms. The third-order valence-electron chi connectivity index (χ3n) is 3.44. The van der Waals surface area contributed by atoms with E-state index in [0.29, 0.717) is 12.0 Å². The molecule has 0 spiro atoms. The number of hydrogen-bond acceptors (Lipinski definition) is 3. The number of hydrogen-bond donors (Lipinski definition) is 1. The van der Waals surface area contributed by atoms with Crippen LogP contribution in [0.15, 0.2) is 24.3 Å². The molecule has 1 aromatic carbocycles. The number of carbonyl (C=O) groups excluding carboxylic acids is 1. The normalized spacial score (nSPS) is 23.5. The molecule has 2 unspecified atom stereocenters. The first-order chi connectivity index (χ1) is 8.84. The summed E-state index contributed by atoms with van der Waals surface area (Å²) in [5.41, 5.74) is 7.39. The van der Waals surface area contributed by atoms with Gasteiger partial charge in [0.05, 0.1) is 17.7 Å². The second-order valence-electron chi connectivity index (χ2n) is 5.98.